The molecule has 3 nitrogen and oxygen atoms in total. The van der Waals surface area contributed by atoms with Crippen molar-refractivity contribution in [1.82, 2.24) is 9.97 Å². The third-order valence-corrected chi connectivity index (χ3v) is 2.94. The highest BCUT2D eigenvalue weighted by Gasteiger charge is 2.10. The predicted molar refractivity (Wildman–Crippen MR) is 69.5 cm³/mol. The van der Waals surface area contributed by atoms with Gasteiger partial charge in [0, 0.05) is 18.1 Å². The summed E-state index contributed by atoms with van der Waals surface area (Å²) in [4.78, 5) is 8.78. The summed E-state index contributed by atoms with van der Waals surface area (Å²) in [6.07, 6.45) is 3.69. The van der Waals surface area contributed by atoms with Crippen molar-refractivity contribution in [1.29, 1.82) is 0 Å². The Morgan fingerprint density at radius 1 is 1.06 bits per heavy atom. The van der Waals surface area contributed by atoms with E-state index in [1.54, 1.807) is 0 Å². The van der Waals surface area contributed by atoms with Gasteiger partial charge in [0.1, 0.15) is 0 Å². The van der Waals surface area contributed by atoms with Crippen LogP contribution in [0.3, 0.4) is 0 Å². The normalized spacial score (nSPS) is 10.3. The summed E-state index contributed by atoms with van der Waals surface area (Å²) in [5.74, 6) is 0.829. The maximum Gasteiger partial charge on any atom is 0.494 e. The number of pyridine rings is 2. The Bertz CT molecular complexity index is 555. The van der Waals surface area contributed by atoms with Gasteiger partial charge < -0.3 is 3.79 Å². The Balaban J connectivity index is 2.60. The number of hydrogen-bond acceptors (Lipinski definition) is 3. The molecule has 0 aliphatic carbocycles. The van der Waals surface area contributed by atoms with Crippen LogP contribution in [-0.2, 0) is 0 Å². The van der Waals surface area contributed by atoms with E-state index in [0.29, 0.717) is 0 Å². The molecule has 0 bridgehead atoms. The molecule has 0 unspecified atom stereocenters. The second-order valence-corrected chi connectivity index (χ2v) is 4.43. The average molecular weight is 241 g/mol. The van der Waals surface area contributed by atoms with Gasteiger partial charge in [-0.05, 0) is 38.0 Å². The van der Waals surface area contributed by atoms with Crippen LogP contribution in [0.4, 0.5) is 0 Å². The zero-order valence-corrected chi connectivity index (χ0v) is 11.7. The first-order chi connectivity index (χ1) is 8.11. The summed E-state index contributed by atoms with van der Waals surface area (Å²) in [6.45, 7) is 6.04. The Kier molecular flexibility index (Phi) is 3.47. The van der Waals surface area contributed by atoms with E-state index < -0.39 is 0 Å². The average Bonchev–Trinajstić information content (AvgIpc) is 2.30. The van der Waals surface area contributed by atoms with Crippen LogP contribution in [0, 0.1) is 20.8 Å². The van der Waals surface area contributed by atoms with E-state index in [-0.39, 0.29) is 0 Å². The Labute approximate surface area is 110 Å². The molecule has 4 heteroatoms. The highest BCUT2D eigenvalue weighted by molar-refractivity contribution is 6.00. The van der Waals surface area contributed by atoms with Crippen LogP contribution in [-0.4, -0.2) is 26.6 Å². The first-order valence-electron chi connectivity index (χ1n) is 5.44. The molecule has 0 saturated carbocycles. The van der Waals surface area contributed by atoms with Gasteiger partial charge >= 0.3 is 16.6 Å². The highest BCUT2D eigenvalue weighted by atomic mass is 27.1. The standard InChI is InChI=1S/C13H14N2O.Al.H/c1-8-4-9(2)13(15-6-8)11-7-14-10(3)5-12(11)16;;/h4-7H,1-3H3,(H,14,16);;/q;+1;/p-1. The third kappa shape index (κ3) is 2.49. The molecule has 85 valence electrons. The Hall–Kier alpha value is -1.37. The second kappa shape index (κ2) is 4.87. The highest BCUT2D eigenvalue weighted by Crippen LogP contribution is 2.30. The van der Waals surface area contributed by atoms with Crippen molar-refractivity contribution in [2.75, 3.05) is 0 Å². The zero-order chi connectivity index (χ0) is 12.4. The molecule has 0 spiro atoms. The molecule has 0 aliphatic rings. The van der Waals surface area contributed by atoms with E-state index in [9.17, 15) is 0 Å². The van der Waals surface area contributed by atoms with E-state index >= 15 is 0 Å². The van der Waals surface area contributed by atoms with Crippen LogP contribution in [0.15, 0.2) is 24.5 Å². The maximum absolute atomic E-state index is 5.41. The van der Waals surface area contributed by atoms with Crippen molar-refractivity contribution < 1.29 is 3.79 Å². The number of nitrogens with zero attached hydrogens (tertiary/aromatic N) is 2. The molecular weight excluding hydrogens is 227 g/mol. The fourth-order valence-corrected chi connectivity index (χ4v) is 2.07. The van der Waals surface area contributed by atoms with Crippen molar-refractivity contribution >= 4 is 16.6 Å². The van der Waals surface area contributed by atoms with Gasteiger partial charge in [0.2, 0.25) is 0 Å². The van der Waals surface area contributed by atoms with Crippen LogP contribution < -0.4 is 3.79 Å². The summed E-state index contributed by atoms with van der Waals surface area (Å²) in [5.41, 5.74) is 5.12. The number of rotatable bonds is 2. The van der Waals surface area contributed by atoms with Crippen molar-refractivity contribution in [3.63, 3.8) is 0 Å². The lowest BCUT2D eigenvalue weighted by molar-refractivity contribution is 0.615. The number of hydrogen-bond donors (Lipinski definition) is 0. The van der Waals surface area contributed by atoms with Gasteiger partial charge in [0.15, 0.2) is 0 Å². The molecule has 1 radical (unpaired) electrons. The van der Waals surface area contributed by atoms with Gasteiger partial charge in [-0.3, -0.25) is 9.97 Å². The molecule has 0 N–H and O–H groups in total. The minimum atomic E-state index is 0.829. The topological polar surface area (TPSA) is 35.0 Å². The van der Waals surface area contributed by atoms with E-state index in [1.165, 1.54) is 16.6 Å². The molecule has 2 rings (SSSR count). The predicted octanol–water partition coefficient (Wildman–Crippen LogP) is 2.26. The summed E-state index contributed by atoms with van der Waals surface area (Å²) >= 11 is 1.47. The smallest absolute Gasteiger partial charge is 0.494 e. The molecule has 0 aromatic carbocycles. The minimum absolute atomic E-state index is 0.829. The molecular formula is C13H14AlN2O. The first-order valence-corrected chi connectivity index (χ1v) is 6.02. The largest absolute Gasteiger partial charge is 0.650 e. The molecule has 2 aromatic heterocycles. The maximum atomic E-state index is 5.41. The van der Waals surface area contributed by atoms with E-state index in [2.05, 4.69) is 23.0 Å². The molecule has 2 aromatic rings. The second-order valence-electron chi connectivity index (χ2n) is 4.14. The lowest BCUT2D eigenvalue weighted by Gasteiger charge is -2.12. The van der Waals surface area contributed by atoms with Crippen molar-refractivity contribution in [3.8, 4) is 17.0 Å². The quantitative estimate of drug-likeness (QED) is 0.756. The lowest BCUT2D eigenvalue weighted by Crippen LogP contribution is -1.96. The van der Waals surface area contributed by atoms with Crippen LogP contribution in [0.1, 0.15) is 16.8 Å². The molecule has 0 atom stereocenters. The molecule has 17 heavy (non-hydrogen) atoms. The summed E-state index contributed by atoms with van der Waals surface area (Å²) in [6, 6.07) is 4.05. The van der Waals surface area contributed by atoms with Crippen LogP contribution >= 0.6 is 0 Å². The Morgan fingerprint density at radius 3 is 2.47 bits per heavy atom. The third-order valence-electron chi connectivity index (χ3n) is 2.63. The van der Waals surface area contributed by atoms with Gasteiger partial charge in [-0.15, -0.1) is 0 Å². The van der Waals surface area contributed by atoms with Crippen LogP contribution in [0.25, 0.3) is 11.3 Å². The van der Waals surface area contributed by atoms with E-state index in [0.717, 1.165) is 33.8 Å². The van der Waals surface area contributed by atoms with Gasteiger partial charge in [0.25, 0.3) is 0 Å². The van der Waals surface area contributed by atoms with Gasteiger partial charge in [-0.1, -0.05) is 6.07 Å². The molecule has 0 saturated heterocycles. The van der Waals surface area contributed by atoms with Crippen molar-refractivity contribution in [2.24, 2.45) is 0 Å². The monoisotopic (exact) mass is 241 g/mol. The van der Waals surface area contributed by atoms with Gasteiger partial charge in [0.05, 0.1) is 17.0 Å². The molecule has 0 aliphatic heterocycles. The first kappa shape index (κ1) is 12.1. The number of aromatic nitrogens is 2. The molecule has 0 amide bonds. The van der Waals surface area contributed by atoms with Crippen molar-refractivity contribution in [2.45, 2.75) is 20.8 Å². The van der Waals surface area contributed by atoms with Crippen molar-refractivity contribution in [3.05, 3.63) is 41.3 Å². The van der Waals surface area contributed by atoms with Crippen LogP contribution in [0.5, 0.6) is 5.75 Å². The summed E-state index contributed by atoms with van der Waals surface area (Å²) in [7, 11) is 0. The summed E-state index contributed by atoms with van der Waals surface area (Å²) in [5, 5.41) is 0. The van der Waals surface area contributed by atoms with Gasteiger partial charge in [-0.2, -0.15) is 0 Å². The SMILES string of the molecule is Cc1cnc(-c2cnc(C)cc2[O][AlH])c(C)c1. The van der Waals surface area contributed by atoms with E-state index in [4.69, 9.17) is 3.79 Å². The lowest BCUT2D eigenvalue weighted by atomic mass is 10.1. The fourth-order valence-electron chi connectivity index (χ4n) is 1.83. The Morgan fingerprint density at radius 2 is 1.82 bits per heavy atom. The molecule has 2 heterocycles. The molecule has 0 fully saturated rings. The fraction of sp³-hybridized carbons (Fsp3) is 0.231. The number of aryl methyl sites for hydroxylation is 3. The van der Waals surface area contributed by atoms with E-state index in [1.807, 2.05) is 32.3 Å². The van der Waals surface area contributed by atoms with Crippen LogP contribution in [0.2, 0.25) is 0 Å². The zero-order valence-electron chi connectivity index (χ0n) is 10.3. The summed E-state index contributed by atoms with van der Waals surface area (Å²) < 4.78 is 5.41. The van der Waals surface area contributed by atoms with Gasteiger partial charge in [-0.25, -0.2) is 0 Å². The minimum Gasteiger partial charge on any atom is -0.650 e.